The molecule has 0 saturated carbocycles. The van der Waals surface area contributed by atoms with Crippen molar-refractivity contribution in [3.63, 3.8) is 0 Å². The maximum absolute atomic E-state index is 11.6. The van der Waals surface area contributed by atoms with Gasteiger partial charge in [0.1, 0.15) is 0 Å². The van der Waals surface area contributed by atoms with Gasteiger partial charge in [-0.2, -0.15) is 0 Å². The van der Waals surface area contributed by atoms with Crippen molar-refractivity contribution >= 4 is 11.9 Å². The Balaban J connectivity index is 0.000000763. The minimum atomic E-state index is -1.21. The maximum Gasteiger partial charge on any atom is 0.341 e. The Kier molecular flexibility index (Phi) is 10.7. The molecule has 0 aliphatic rings. The van der Waals surface area contributed by atoms with Crippen LogP contribution in [0.3, 0.4) is 0 Å². The molecule has 0 amide bonds. The van der Waals surface area contributed by atoms with Crippen LogP contribution in [0.25, 0.3) is 0 Å². The van der Waals surface area contributed by atoms with Crippen LogP contribution in [0.1, 0.15) is 54.3 Å². The number of carbonyl (C=O) groups excluding carboxylic acids is 1. The number of aliphatic hydroxyl groups excluding tert-OH is 1. The van der Waals surface area contributed by atoms with Gasteiger partial charge in [0.05, 0.1) is 11.1 Å². The molecule has 0 aromatic heterocycles. The standard InChI is InChI=1S/C12H14O5.C4H10O/c1-2-5-10(13)17-12(16)9-7-4-3-6-8(9)11(14)15;1-3-5-4-2/h3-4,6-7,10,13H,2,5H2,1H3,(H,14,15);3-4H2,1-2H3. The average Bonchev–Trinajstić information content (AvgIpc) is 2.48. The first kappa shape index (κ1) is 20.1. The number of rotatable bonds is 7. The first-order valence-corrected chi connectivity index (χ1v) is 7.26. The summed E-state index contributed by atoms with van der Waals surface area (Å²) in [6.07, 6.45) is -0.218. The summed E-state index contributed by atoms with van der Waals surface area (Å²) in [5.41, 5.74) is -0.198. The first-order valence-electron chi connectivity index (χ1n) is 7.26. The third kappa shape index (κ3) is 7.75. The van der Waals surface area contributed by atoms with Crippen molar-refractivity contribution in [1.29, 1.82) is 0 Å². The van der Waals surface area contributed by atoms with E-state index in [1.807, 2.05) is 20.8 Å². The van der Waals surface area contributed by atoms with Crippen LogP contribution >= 0.6 is 0 Å². The highest BCUT2D eigenvalue weighted by Gasteiger charge is 2.19. The Labute approximate surface area is 130 Å². The summed E-state index contributed by atoms with van der Waals surface area (Å²) in [5.74, 6) is -2.04. The molecule has 6 nitrogen and oxygen atoms in total. The molecule has 0 aliphatic carbocycles. The molecule has 0 heterocycles. The summed E-state index contributed by atoms with van der Waals surface area (Å²) < 4.78 is 9.55. The first-order chi connectivity index (χ1) is 10.5. The number of esters is 1. The van der Waals surface area contributed by atoms with Gasteiger partial charge in [0, 0.05) is 19.6 Å². The van der Waals surface area contributed by atoms with Crippen LogP contribution < -0.4 is 0 Å². The average molecular weight is 312 g/mol. The molecule has 2 N–H and O–H groups in total. The third-order valence-corrected chi connectivity index (χ3v) is 2.56. The van der Waals surface area contributed by atoms with E-state index in [9.17, 15) is 14.7 Å². The molecule has 0 spiro atoms. The second-order valence-electron chi connectivity index (χ2n) is 4.28. The molecular formula is C16H24O6. The minimum Gasteiger partial charge on any atom is -0.478 e. The number of carboxylic acid groups (broad SMARTS) is 1. The highest BCUT2D eigenvalue weighted by atomic mass is 16.6. The zero-order valence-electron chi connectivity index (χ0n) is 13.2. The van der Waals surface area contributed by atoms with Gasteiger partial charge in [-0.05, 0) is 26.0 Å². The van der Waals surface area contributed by atoms with Gasteiger partial charge in [-0.3, -0.25) is 0 Å². The van der Waals surface area contributed by atoms with Crippen LogP contribution in [0.4, 0.5) is 0 Å². The largest absolute Gasteiger partial charge is 0.478 e. The van der Waals surface area contributed by atoms with Crippen molar-refractivity contribution in [2.45, 2.75) is 39.9 Å². The molecule has 1 aromatic rings. The zero-order valence-corrected chi connectivity index (χ0v) is 13.2. The van der Waals surface area contributed by atoms with Gasteiger partial charge in [-0.15, -0.1) is 0 Å². The van der Waals surface area contributed by atoms with Crippen LogP contribution in [0, 0.1) is 0 Å². The molecule has 124 valence electrons. The molecule has 0 radical (unpaired) electrons. The van der Waals surface area contributed by atoms with E-state index < -0.39 is 18.2 Å². The zero-order chi connectivity index (χ0) is 17.0. The van der Waals surface area contributed by atoms with E-state index >= 15 is 0 Å². The molecule has 22 heavy (non-hydrogen) atoms. The smallest absolute Gasteiger partial charge is 0.341 e. The van der Waals surface area contributed by atoms with Crippen LogP contribution in [0.5, 0.6) is 0 Å². The highest BCUT2D eigenvalue weighted by molar-refractivity contribution is 6.02. The van der Waals surface area contributed by atoms with E-state index in [2.05, 4.69) is 0 Å². The summed E-state index contributed by atoms with van der Waals surface area (Å²) in [7, 11) is 0. The lowest BCUT2D eigenvalue weighted by atomic mass is 10.1. The summed E-state index contributed by atoms with van der Waals surface area (Å²) in [6, 6.07) is 5.72. The third-order valence-electron chi connectivity index (χ3n) is 2.56. The number of hydrogen-bond donors (Lipinski definition) is 2. The topological polar surface area (TPSA) is 93.1 Å². The number of aromatic carboxylic acids is 1. The van der Waals surface area contributed by atoms with Gasteiger partial charge in [-0.25, -0.2) is 9.59 Å². The van der Waals surface area contributed by atoms with Crippen molar-refractivity contribution in [1.82, 2.24) is 0 Å². The van der Waals surface area contributed by atoms with Gasteiger partial charge < -0.3 is 19.7 Å². The number of ether oxygens (including phenoxy) is 2. The van der Waals surface area contributed by atoms with Crippen molar-refractivity contribution in [3.8, 4) is 0 Å². The molecule has 1 aromatic carbocycles. The number of hydrogen-bond acceptors (Lipinski definition) is 5. The lowest BCUT2D eigenvalue weighted by molar-refractivity contribution is -0.0686. The fourth-order valence-corrected chi connectivity index (χ4v) is 1.54. The molecule has 1 rings (SSSR count). The number of carbonyl (C=O) groups is 2. The lowest BCUT2D eigenvalue weighted by Gasteiger charge is -2.11. The summed E-state index contributed by atoms with van der Waals surface area (Å²) in [5, 5.41) is 18.2. The van der Waals surface area contributed by atoms with E-state index in [1.54, 1.807) is 0 Å². The second-order valence-corrected chi connectivity index (χ2v) is 4.28. The number of aliphatic hydroxyl groups is 1. The van der Waals surface area contributed by atoms with E-state index in [0.717, 1.165) is 13.2 Å². The Hall–Kier alpha value is -1.92. The minimum absolute atomic E-state index is 0.0600. The quantitative estimate of drug-likeness (QED) is 0.594. The van der Waals surface area contributed by atoms with Crippen LogP contribution in [-0.4, -0.2) is 41.7 Å². The molecule has 1 atom stereocenters. The Bertz CT molecular complexity index is 456. The normalized spacial score (nSPS) is 11.1. The molecule has 0 saturated heterocycles. The predicted octanol–water partition coefficient (Wildman–Crippen LogP) is 2.70. The van der Waals surface area contributed by atoms with Crippen molar-refractivity contribution in [3.05, 3.63) is 35.4 Å². The highest BCUT2D eigenvalue weighted by Crippen LogP contribution is 2.12. The Morgan fingerprint density at radius 2 is 1.64 bits per heavy atom. The maximum atomic E-state index is 11.6. The van der Waals surface area contributed by atoms with Crippen LogP contribution in [0.2, 0.25) is 0 Å². The van der Waals surface area contributed by atoms with Crippen LogP contribution in [-0.2, 0) is 9.47 Å². The van der Waals surface area contributed by atoms with E-state index in [0.29, 0.717) is 12.8 Å². The fourth-order valence-electron chi connectivity index (χ4n) is 1.54. The Morgan fingerprint density at radius 1 is 1.09 bits per heavy atom. The number of carboxylic acids is 1. The molecule has 0 aliphatic heterocycles. The number of benzene rings is 1. The molecular weight excluding hydrogens is 288 g/mol. The summed E-state index contributed by atoms with van der Waals surface area (Å²) in [6.45, 7) is 7.50. The van der Waals surface area contributed by atoms with Gasteiger partial charge in [0.2, 0.25) is 6.29 Å². The summed E-state index contributed by atoms with van der Waals surface area (Å²) in [4.78, 5) is 22.5. The van der Waals surface area contributed by atoms with E-state index in [-0.39, 0.29) is 11.1 Å². The Morgan fingerprint density at radius 3 is 2.05 bits per heavy atom. The van der Waals surface area contributed by atoms with Gasteiger partial charge in [0.25, 0.3) is 0 Å². The monoisotopic (exact) mass is 312 g/mol. The lowest BCUT2D eigenvalue weighted by Crippen LogP contribution is -2.19. The molecule has 0 bridgehead atoms. The second kappa shape index (κ2) is 11.7. The molecule has 0 fully saturated rings. The summed E-state index contributed by atoms with van der Waals surface area (Å²) >= 11 is 0. The van der Waals surface area contributed by atoms with Crippen molar-refractivity contribution < 1.29 is 29.3 Å². The van der Waals surface area contributed by atoms with Crippen molar-refractivity contribution in [2.24, 2.45) is 0 Å². The molecule has 6 heteroatoms. The van der Waals surface area contributed by atoms with E-state index in [1.165, 1.54) is 24.3 Å². The SMILES string of the molecule is CCCC(O)OC(=O)c1ccccc1C(=O)O.CCOCC. The van der Waals surface area contributed by atoms with Gasteiger partial charge >= 0.3 is 11.9 Å². The predicted molar refractivity (Wildman–Crippen MR) is 81.9 cm³/mol. The van der Waals surface area contributed by atoms with Gasteiger partial charge in [0.15, 0.2) is 0 Å². The van der Waals surface area contributed by atoms with Crippen molar-refractivity contribution in [2.75, 3.05) is 13.2 Å². The van der Waals surface area contributed by atoms with Crippen LogP contribution in [0.15, 0.2) is 24.3 Å². The van der Waals surface area contributed by atoms with E-state index in [4.69, 9.17) is 14.6 Å². The fraction of sp³-hybridized carbons (Fsp3) is 0.500. The van der Waals surface area contributed by atoms with Gasteiger partial charge in [-0.1, -0.05) is 25.5 Å². The molecule has 1 unspecified atom stereocenters.